The monoisotopic (exact) mass is 396 g/mol. The van der Waals surface area contributed by atoms with Gasteiger partial charge in [0.05, 0.1) is 28.5 Å². The van der Waals surface area contributed by atoms with Gasteiger partial charge in [-0.15, -0.1) is 0 Å². The van der Waals surface area contributed by atoms with Crippen LogP contribution in [-0.2, 0) is 9.59 Å². The molecule has 0 N–H and O–H groups in total. The van der Waals surface area contributed by atoms with Crippen molar-refractivity contribution in [2.75, 3.05) is 23.5 Å². The van der Waals surface area contributed by atoms with Gasteiger partial charge in [0.1, 0.15) is 5.75 Å². The van der Waals surface area contributed by atoms with E-state index in [-0.39, 0.29) is 11.8 Å². The number of carbonyl (C=O) groups excluding carboxylic acids is 2. The zero-order valence-corrected chi connectivity index (χ0v) is 16.4. The molecule has 0 bridgehead atoms. The van der Waals surface area contributed by atoms with Crippen molar-refractivity contribution >= 4 is 57.1 Å². The van der Waals surface area contributed by atoms with Crippen molar-refractivity contribution < 1.29 is 14.3 Å². The first-order chi connectivity index (χ1) is 13.0. The Kier molecular flexibility index (Phi) is 4.49. The van der Waals surface area contributed by atoms with Crippen molar-refractivity contribution in [3.63, 3.8) is 0 Å². The number of hydrogen-bond acceptors (Lipinski definition) is 5. The minimum Gasteiger partial charge on any atom is -0.494 e. The smallest absolute Gasteiger partial charge is 0.271 e. The number of benzene rings is 2. The molecule has 2 aromatic rings. The normalized spacial score (nSPS) is 19.1. The van der Waals surface area contributed by atoms with E-state index in [1.54, 1.807) is 36.2 Å². The van der Waals surface area contributed by atoms with Crippen LogP contribution < -0.4 is 14.5 Å². The largest absolute Gasteiger partial charge is 0.494 e. The fraction of sp³-hybridized carbons (Fsp3) is 0.150. The lowest BCUT2D eigenvalue weighted by Crippen LogP contribution is -2.28. The summed E-state index contributed by atoms with van der Waals surface area (Å²) in [5, 5.41) is 0. The predicted molar refractivity (Wildman–Crippen MR) is 112 cm³/mol. The van der Waals surface area contributed by atoms with E-state index in [0.29, 0.717) is 27.1 Å². The van der Waals surface area contributed by atoms with Crippen LogP contribution in [0.25, 0.3) is 5.57 Å². The summed E-state index contributed by atoms with van der Waals surface area (Å²) in [6.45, 7) is 2.48. The third kappa shape index (κ3) is 2.83. The zero-order chi connectivity index (χ0) is 19.1. The molecule has 0 spiro atoms. The molecule has 0 atom stereocenters. The minimum absolute atomic E-state index is 0.191. The van der Waals surface area contributed by atoms with E-state index in [1.165, 1.54) is 16.7 Å². The highest BCUT2D eigenvalue weighted by atomic mass is 32.2. The van der Waals surface area contributed by atoms with E-state index in [2.05, 4.69) is 0 Å². The van der Waals surface area contributed by atoms with Crippen LogP contribution in [0.4, 0.5) is 11.4 Å². The van der Waals surface area contributed by atoms with E-state index >= 15 is 0 Å². The minimum atomic E-state index is -0.275. The maximum atomic E-state index is 13.1. The first-order valence-corrected chi connectivity index (χ1v) is 9.66. The molecular weight excluding hydrogens is 380 g/mol. The molecule has 2 heterocycles. The molecule has 2 aliphatic rings. The van der Waals surface area contributed by atoms with E-state index < -0.39 is 0 Å². The fourth-order valence-electron chi connectivity index (χ4n) is 3.19. The molecular formula is C20H16N2O3S2. The summed E-state index contributed by atoms with van der Waals surface area (Å²) in [5.74, 6) is 0.262. The standard InChI is InChI=1S/C20H16N2O3S2/c1-3-25-13-10-8-12(9-11-13)22-19(24)17(27-20(22)26)16-14-6-4-5-7-15(14)21(2)18(16)23/h4-11H,3H2,1-2H3/b17-16+. The number of para-hydroxylation sites is 1. The average molecular weight is 396 g/mol. The topological polar surface area (TPSA) is 49.9 Å². The number of nitrogens with zero attached hydrogens (tertiary/aromatic N) is 2. The number of thiocarbonyl (C=S) groups is 1. The summed E-state index contributed by atoms with van der Waals surface area (Å²) in [7, 11) is 1.71. The fourth-order valence-corrected chi connectivity index (χ4v) is 4.56. The van der Waals surface area contributed by atoms with Crippen molar-refractivity contribution in [1.82, 2.24) is 0 Å². The molecule has 4 rings (SSSR count). The molecule has 2 amide bonds. The Bertz CT molecular complexity index is 999. The summed E-state index contributed by atoms with van der Waals surface area (Å²) in [6.07, 6.45) is 0. The Hall–Kier alpha value is -2.64. The van der Waals surface area contributed by atoms with Gasteiger partial charge in [-0.25, -0.2) is 0 Å². The van der Waals surface area contributed by atoms with E-state index in [9.17, 15) is 9.59 Å². The number of thioether (sulfide) groups is 1. The molecule has 7 heteroatoms. The van der Waals surface area contributed by atoms with Crippen LogP contribution in [0.1, 0.15) is 12.5 Å². The van der Waals surface area contributed by atoms with Crippen LogP contribution >= 0.6 is 24.0 Å². The Labute approximate surface area is 166 Å². The molecule has 0 aromatic heterocycles. The maximum Gasteiger partial charge on any atom is 0.271 e. The Morgan fingerprint density at radius 3 is 2.44 bits per heavy atom. The van der Waals surface area contributed by atoms with Crippen molar-refractivity contribution in [1.29, 1.82) is 0 Å². The molecule has 0 unspecified atom stereocenters. The van der Waals surface area contributed by atoms with E-state index in [1.807, 2.05) is 31.2 Å². The van der Waals surface area contributed by atoms with Gasteiger partial charge in [-0.05, 0) is 37.3 Å². The number of rotatable bonds is 3. The number of amides is 2. The molecule has 2 aromatic carbocycles. The Balaban J connectivity index is 1.75. The quantitative estimate of drug-likeness (QED) is 0.583. The van der Waals surface area contributed by atoms with Crippen LogP contribution in [0.3, 0.4) is 0 Å². The van der Waals surface area contributed by atoms with Gasteiger partial charge < -0.3 is 9.64 Å². The van der Waals surface area contributed by atoms with Crippen molar-refractivity contribution in [3.05, 3.63) is 59.0 Å². The summed E-state index contributed by atoms with van der Waals surface area (Å²) in [6, 6.07) is 14.6. The average Bonchev–Trinajstić information content (AvgIpc) is 3.10. The van der Waals surface area contributed by atoms with Crippen LogP contribution in [-0.4, -0.2) is 29.8 Å². The van der Waals surface area contributed by atoms with Crippen molar-refractivity contribution in [2.24, 2.45) is 0 Å². The van der Waals surface area contributed by atoms with Crippen LogP contribution in [0.5, 0.6) is 5.75 Å². The number of likely N-dealkylation sites (N-methyl/N-ethyl adjacent to an activating group) is 1. The number of carbonyl (C=O) groups is 2. The van der Waals surface area contributed by atoms with E-state index in [0.717, 1.165) is 17.0 Å². The second-order valence-corrected chi connectivity index (χ2v) is 7.67. The third-order valence-electron chi connectivity index (χ3n) is 4.46. The van der Waals surface area contributed by atoms with Gasteiger partial charge in [0.25, 0.3) is 11.8 Å². The van der Waals surface area contributed by atoms with Gasteiger partial charge in [-0.2, -0.15) is 0 Å². The van der Waals surface area contributed by atoms with Crippen molar-refractivity contribution in [3.8, 4) is 5.75 Å². The molecule has 27 heavy (non-hydrogen) atoms. The molecule has 136 valence electrons. The molecule has 5 nitrogen and oxygen atoms in total. The lowest BCUT2D eigenvalue weighted by molar-refractivity contribution is -0.115. The maximum absolute atomic E-state index is 13.1. The lowest BCUT2D eigenvalue weighted by atomic mass is 10.1. The van der Waals surface area contributed by atoms with Crippen LogP contribution in [0.2, 0.25) is 0 Å². The summed E-state index contributed by atoms with van der Waals surface area (Å²) in [5.41, 5.74) is 2.63. The van der Waals surface area contributed by atoms with Crippen LogP contribution in [0.15, 0.2) is 53.4 Å². The number of ether oxygens (including phenoxy) is 1. The van der Waals surface area contributed by atoms with Gasteiger partial charge in [-0.3, -0.25) is 14.5 Å². The molecule has 0 aliphatic carbocycles. The van der Waals surface area contributed by atoms with Crippen LogP contribution in [0, 0.1) is 0 Å². The Morgan fingerprint density at radius 1 is 1.04 bits per heavy atom. The zero-order valence-electron chi connectivity index (χ0n) is 14.8. The first kappa shape index (κ1) is 17.8. The number of anilines is 2. The highest BCUT2D eigenvalue weighted by molar-refractivity contribution is 8.27. The number of hydrogen-bond donors (Lipinski definition) is 0. The highest BCUT2D eigenvalue weighted by Crippen LogP contribution is 2.45. The molecule has 2 aliphatic heterocycles. The van der Waals surface area contributed by atoms with Crippen molar-refractivity contribution in [2.45, 2.75) is 6.92 Å². The first-order valence-electron chi connectivity index (χ1n) is 8.43. The lowest BCUT2D eigenvalue weighted by Gasteiger charge is -2.15. The predicted octanol–water partition coefficient (Wildman–Crippen LogP) is 3.84. The highest BCUT2D eigenvalue weighted by Gasteiger charge is 2.41. The second-order valence-electron chi connectivity index (χ2n) is 6.02. The van der Waals surface area contributed by atoms with Gasteiger partial charge >= 0.3 is 0 Å². The van der Waals surface area contributed by atoms with Gasteiger partial charge in [-0.1, -0.05) is 42.2 Å². The summed E-state index contributed by atoms with van der Waals surface area (Å²) >= 11 is 6.61. The molecule has 0 radical (unpaired) electrons. The summed E-state index contributed by atoms with van der Waals surface area (Å²) in [4.78, 5) is 29.3. The second kappa shape index (κ2) is 6.83. The van der Waals surface area contributed by atoms with Gasteiger partial charge in [0, 0.05) is 12.6 Å². The van der Waals surface area contributed by atoms with Gasteiger partial charge in [0.2, 0.25) is 0 Å². The molecule has 0 saturated carbocycles. The van der Waals surface area contributed by atoms with Gasteiger partial charge in [0.15, 0.2) is 4.32 Å². The third-order valence-corrected chi connectivity index (χ3v) is 5.83. The SMILES string of the molecule is CCOc1ccc(N2C(=O)/C(=C3\C(=O)N(C)c4ccccc43)SC2=S)cc1. The number of fused-ring (bicyclic) bond motifs is 1. The summed E-state index contributed by atoms with van der Waals surface area (Å²) < 4.78 is 5.85. The molecule has 1 fully saturated rings. The van der Waals surface area contributed by atoms with E-state index in [4.69, 9.17) is 17.0 Å². The Morgan fingerprint density at radius 2 is 1.74 bits per heavy atom. The molecule has 1 saturated heterocycles.